The Balaban J connectivity index is 2.12. The summed E-state index contributed by atoms with van der Waals surface area (Å²) in [7, 11) is 0. The Morgan fingerprint density at radius 2 is 1.96 bits per heavy atom. The van der Waals surface area contributed by atoms with Gasteiger partial charge < -0.3 is 16.0 Å². The lowest BCUT2D eigenvalue weighted by Gasteiger charge is -2.26. The third-order valence-corrected chi connectivity index (χ3v) is 4.59. The number of benzene rings is 1. The van der Waals surface area contributed by atoms with Crippen LogP contribution >= 0.6 is 11.3 Å². The minimum atomic E-state index is -0.731. The van der Waals surface area contributed by atoms with Crippen molar-refractivity contribution in [2.75, 3.05) is 6.54 Å². The fraction of sp³-hybridized carbons (Fsp3) is 0.294. The van der Waals surface area contributed by atoms with Gasteiger partial charge in [-0.15, -0.1) is 11.3 Å². The molecule has 1 aromatic heterocycles. The summed E-state index contributed by atoms with van der Waals surface area (Å²) in [5, 5.41) is 2.31. The molecule has 0 aliphatic carbocycles. The van der Waals surface area contributed by atoms with Crippen molar-refractivity contribution in [1.29, 1.82) is 0 Å². The second-order valence-corrected chi connectivity index (χ2v) is 6.75. The minimum absolute atomic E-state index is 0.0359. The van der Waals surface area contributed by atoms with Crippen LogP contribution in [0.5, 0.6) is 0 Å². The van der Waals surface area contributed by atoms with E-state index in [-0.39, 0.29) is 24.3 Å². The van der Waals surface area contributed by atoms with E-state index in [1.54, 1.807) is 23.1 Å². The first kappa shape index (κ1) is 17.9. The number of amides is 3. The van der Waals surface area contributed by atoms with Crippen molar-refractivity contribution in [1.82, 2.24) is 10.2 Å². The van der Waals surface area contributed by atoms with Gasteiger partial charge in [0.25, 0.3) is 0 Å². The van der Waals surface area contributed by atoms with Gasteiger partial charge in [-0.05, 0) is 32.0 Å². The highest BCUT2D eigenvalue weighted by atomic mass is 32.1. The van der Waals surface area contributed by atoms with E-state index < -0.39 is 6.03 Å². The predicted molar refractivity (Wildman–Crippen MR) is 93.0 cm³/mol. The minimum Gasteiger partial charge on any atom is -0.352 e. The van der Waals surface area contributed by atoms with E-state index in [2.05, 4.69) is 5.32 Å². The zero-order valence-electron chi connectivity index (χ0n) is 13.6. The molecule has 2 aromatic rings. The standard InChI is InChI=1S/C17H20FN3O2S/c1-11(2)21(16(22)9-20-17(19)23)10-12-7-8-15(24-12)13-5-3-4-6-14(13)18/h3-8,11H,9-10H2,1-2H3,(H3,19,20,23). The summed E-state index contributed by atoms with van der Waals surface area (Å²) in [6.07, 6.45) is 0. The number of hydrogen-bond donors (Lipinski definition) is 2. The van der Waals surface area contributed by atoms with Gasteiger partial charge in [-0.25, -0.2) is 9.18 Å². The summed E-state index contributed by atoms with van der Waals surface area (Å²) in [5.41, 5.74) is 5.54. The number of nitrogens with zero attached hydrogens (tertiary/aromatic N) is 1. The second-order valence-electron chi connectivity index (χ2n) is 5.58. The molecule has 0 saturated heterocycles. The maximum atomic E-state index is 13.9. The predicted octanol–water partition coefficient (Wildman–Crippen LogP) is 2.96. The summed E-state index contributed by atoms with van der Waals surface area (Å²) in [6.45, 7) is 4.05. The fourth-order valence-electron chi connectivity index (χ4n) is 2.26. The molecule has 0 fully saturated rings. The normalized spacial score (nSPS) is 10.7. The molecule has 0 unspecified atom stereocenters. The number of primary amides is 1. The zero-order chi connectivity index (χ0) is 17.7. The molecule has 24 heavy (non-hydrogen) atoms. The summed E-state index contributed by atoms with van der Waals surface area (Å²) < 4.78 is 13.9. The van der Waals surface area contributed by atoms with E-state index >= 15 is 0 Å². The smallest absolute Gasteiger partial charge is 0.312 e. The van der Waals surface area contributed by atoms with Crippen molar-refractivity contribution >= 4 is 23.3 Å². The molecule has 128 valence electrons. The molecule has 2 rings (SSSR count). The molecule has 1 heterocycles. The lowest BCUT2D eigenvalue weighted by Crippen LogP contribution is -2.44. The number of hydrogen-bond acceptors (Lipinski definition) is 3. The van der Waals surface area contributed by atoms with Crippen LogP contribution in [0.3, 0.4) is 0 Å². The van der Waals surface area contributed by atoms with Crippen molar-refractivity contribution in [3.05, 3.63) is 47.1 Å². The second kappa shape index (κ2) is 7.92. The maximum Gasteiger partial charge on any atom is 0.312 e. The van der Waals surface area contributed by atoms with E-state index in [0.29, 0.717) is 12.1 Å². The average molecular weight is 349 g/mol. The van der Waals surface area contributed by atoms with Gasteiger partial charge in [0.1, 0.15) is 5.82 Å². The molecule has 0 radical (unpaired) electrons. The SMILES string of the molecule is CC(C)N(Cc1ccc(-c2ccccc2F)s1)C(=O)CNC(N)=O. The third kappa shape index (κ3) is 4.55. The molecule has 3 amide bonds. The van der Waals surface area contributed by atoms with Gasteiger partial charge in [-0.2, -0.15) is 0 Å². The summed E-state index contributed by atoms with van der Waals surface area (Å²) in [5.74, 6) is -0.488. The number of nitrogens with two attached hydrogens (primary N) is 1. The largest absolute Gasteiger partial charge is 0.352 e. The van der Waals surface area contributed by atoms with E-state index in [0.717, 1.165) is 9.75 Å². The molecule has 7 heteroatoms. The van der Waals surface area contributed by atoms with Crippen molar-refractivity contribution < 1.29 is 14.0 Å². The van der Waals surface area contributed by atoms with E-state index in [4.69, 9.17) is 5.73 Å². The Morgan fingerprint density at radius 3 is 2.58 bits per heavy atom. The first-order valence-electron chi connectivity index (χ1n) is 7.55. The summed E-state index contributed by atoms with van der Waals surface area (Å²) in [4.78, 5) is 26.4. The van der Waals surface area contributed by atoms with Crippen LogP contribution in [0.1, 0.15) is 18.7 Å². The van der Waals surface area contributed by atoms with Gasteiger partial charge >= 0.3 is 6.03 Å². The highest BCUT2D eigenvalue weighted by Gasteiger charge is 2.19. The first-order chi connectivity index (χ1) is 11.4. The summed E-state index contributed by atoms with van der Waals surface area (Å²) in [6, 6.07) is 9.56. The maximum absolute atomic E-state index is 13.9. The number of carbonyl (C=O) groups excluding carboxylic acids is 2. The van der Waals surface area contributed by atoms with Crippen LogP contribution in [0, 0.1) is 5.82 Å². The molecular formula is C17H20FN3O2S. The van der Waals surface area contributed by atoms with Crippen LogP contribution in [-0.2, 0) is 11.3 Å². The van der Waals surface area contributed by atoms with E-state index in [1.807, 2.05) is 26.0 Å². The number of carbonyl (C=O) groups is 2. The van der Waals surface area contributed by atoms with Crippen LogP contribution in [-0.4, -0.2) is 29.4 Å². The fourth-order valence-corrected chi connectivity index (χ4v) is 3.29. The first-order valence-corrected chi connectivity index (χ1v) is 8.36. The Bertz CT molecular complexity index is 730. The summed E-state index contributed by atoms with van der Waals surface area (Å²) >= 11 is 1.44. The molecule has 3 N–H and O–H groups in total. The molecule has 0 atom stereocenters. The molecule has 1 aromatic carbocycles. The number of halogens is 1. The highest BCUT2D eigenvalue weighted by Crippen LogP contribution is 2.30. The Labute approximate surface area is 144 Å². The monoisotopic (exact) mass is 349 g/mol. The van der Waals surface area contributed by atoms with Crippen LogP contribution in [0.4, 0.5) is 9.18 Å². The number of thiophene rings is 1. The third-order valence-electron chi connectivity index (χ3n) is 3.48. The Morgan fingerprint density at radius 1 is 1.25 bits per heavy atom. The molecule has 0 aliphatic rings. The van der Waals surface area contributed by atoms with Crippen molar-refractivity contribution in [2.45, 2.75) is 26.4 Å². The molecule has 0 bridgehead atoms. The van der Waals surface area contributed by atoms with E-state index in [1.165, 1.54) is 17.4 Å². The van der Waals surface area contributed by atoms with E-state index in [9.17, 15) is 14.0 Å². The molecule has 0 saturated carbocycles. The zero-order valence-corrected chi connectivity index (χ0v) is 14.4. The van der Waals surface area contributed by atoms with Gasteiger partial charge in [0, 0.05) is 21.4 Å². The van der Waals surface area contributed by atoms with Crippen LogP contribution < -0.4 is 11.1 Å². The van der Waals surface area contributed by atoms with Crippen LogP contribution in [0.2, 0.25) is 0 Å². The van der Waals surface area contributed by atoms with Crippen molar-refractivity contribution in [3.8, 4) is 10.4 Å². The molecule has 0 aliphatic heterocycles. The topological polar surface area (TPSA) is 75.4 Å². The van der Waals surface area contributed by atoms with Crippen LogP contribution in [0.25, 0.3) is 10.4 Å². The van der Waals surface area contributed by atoms with Gasteiger partial charge in [0.2, 0.25) is 5.91 Å². The number of urea groups is 1. The number of nitrogens with one attached hydrogen (secondary N) is 1. The molecular weight excluding hydrogens is 329 g/mol. The lowest BCUT2D eigenvalue weighted by molar-refractivity contribution is -0.132. The van der Waals surface area contributed by atoms with Gasteiger partial charge in [0.15, 0.2) is 0 Å². The van der Waals surface area contributed by atoms with Crippen LogP contribution in [0.15, 0.2) is 36.4 Å². The Hall–Kier alpha value is -2.41. The highest BCUT2D eigenvalue weighted by molar-refractivity contribution is 7.15. The van der Waals surface area contributed by atoms with Gasteiger partial charge in [0.05, 0.1) is 13.1 Å². The van der Waals surface area contributed by atoms with Crippen molar-refractivity contribution in [3.63, 3.8) is 0 Å². The molecule has 5 nitrogen and oxygen atoms in total. The average Bonchev–Trinajstić information content (AvgIpc) is 2.99. The van der Waals surface area contributed by atoms with Gasteiger partial charge in [-0.3, -0.25) is 4.79 Å². The number of rotatable bonds is 6. The quantitative estimate of drug-likeness (QED) is 0.841. The van der Waals surface area contributed by atoms with Crippen molar-refractivity contribution in [2.24, 2.45) is 5.73 Å². The molecule has 0 spiro atoms. The Kier molecular flexibility index (Phi) is 5.92. The van der Waals surface area contributed by atoms with Gasteiger partial charge in [-0.1, -0.05) is 18.2 Å². The lowest BCUT2D eigenvalue weighted by atomic mass is 10.2.